The molecule has 8 nitrogen and oxygen atoms in total. The summed E-state index contributed by atoms with van der Waals surface area (Å²) in [6, 6.07) is 2.25. The van der Waals surface area contributed by atoms with Gasteiger partial charge >= 0.3 is 11.9 Å². The molecule has 0 aliphatic carbocycles. The fourth-order valence-corrected chi connectivity index (χ4v) is 2.66. The Morgan fingerprint density at radius 3 is 1.36 bits per heavy atom. The molecule has 0 aliphatic heterocycles. The highest BCUT2D eigenvalue weighted by Crippen LogP contribution is 2.38. The summed E-state index contributed by atoms with van der Waals surface area (Å²) in [6.45, 7) is 11.0. The summed E-state index contributed by atoms with van der Waals surface area (Å²) < 4.78 is 0. The lowest BCUT2D eigenvalue weighted by atomic mass is 10.0. The van der Waals surface area contributed by atoms with Crippen LogP contribution in [0.3, 0.4) is 0 Å². The van der Waals surface area contributed by atoms with Gasteiger partial charge in [-0.05, 0) is 52.7 Å². The van der Waals surface area contributed by atoms with Crippen LogP contribution < -0.4 is 9.78 Å². The van der Waals surface area contributed by atoms with Crippen LogP contribution in [-0.2, 0) is 9.78 Å². The standard InChI is InChI=1S/C20H30O8/c1-7-11-19(3,4)27-25-15-13(17(21)22)9-10-14(18(23)24)16(15)26-28-20(5,6)12-8-2/h9-10H,7-8,11-12H2,1-6H3,(H,21,22)(H,23,24). The molecule has 0 saturated carbocycles. The highest BCUT2D eigenvalue weighted by molar-refractivity contribution is 5.97. The molecule has 0 heterocycles. The van der Waals surface area contributed by atoms with Crippen LogP contribution in [0, 0.1) is 0 Å². The van der Waals surface area contributed by atoms with Gasteiger partial charge in [0.25, 0.3) is 0 Å². The largest absolute Gasteiger partial charge is 0.478 e. The number of hydrogen-bond donors (Lipinski definition) is 2. The minimum absolute atomic E-state index is 0.302. The Kier molecular flexibility index (Phi) is 8.26. The highest BCUT2D eigenvalue weighted by atomic mass is 17.2. The number of benzene rings is 1. The van der Waals surface area contributed by atoms with Gasteiger partial charge in [0.05, 0.1) is 0 Å². The molecule has 1 rings (SSSR count). The van der Waals surface area contributed by atoms with Crippen molar-refractivity contribution >= 4 is 11.9 Å². The van der Waals surface area contributed by atoms with E-state index in [-0.39, 0.29) is 22.6 Å². The third-order valence-corrected chi connectivity index (χ3v) is 3.98. The Hall–Kier alpha value is -2.32. The molecule has 1 aromatic carbocycles. The van der Waals surface area contributed by atoms with Gasteiger partial charge in [0.2, 0.25) is 11.5 Å². The van der Waals surface area contributed by atoms with Gasteiger partial charge in [-0.3, -0.25) is 0 Å². The van der Waals surface area contributed by atoms with Gasteiger partial charge in [0, 0.05) is 0 Å². The van der Waals surface area contributed by atoms with E-state index in [0.29, 0.717) is 12.8 Å². The average molecular weight is 398 g/mol. The number of carbonyl (C=O) groups is 2. The predicted molar refractivity (Wildman–Crippen MR) is 102 cm³/mol. The van der Waals surface area contributed by atoms with Crippen LogP contribution in [0.2, 0.25) is 0 Å². The van der Waals surface area contributed by atoms with Crippen molar-refractivity contribution in [1.29, 1.82) is 0 Å². The first-order chi connectivity index (χ1) is 12.9. The van der Waals surface area contributed by atoms with E-state index in [4.69, 9.17) is 19.6 Å². The van der Waals surface area contributed by atoms with Crippen LogP contribution in [0.4, 0.5) is 0 Å². The van der Waals surface area contributed by atoms with E-state index in [1.807, 2.05) is 13.8 Å². The van der Waals surface area contributed by atoms with Crippen molar-refractivity contribution in [1.82, 2.24) is 0 Å². The van der Waals surface area contributed by atoms with Gasteiger partial charge in [0.15, 0.2) is 0 Å². The van der Waals surface area contributed by atoms with E-state index in [1.165, 1.54) is 0 Å². The SMILES string of the molecule is CCCC(C)(C)OOc1c(C(=O)O)ccc(C(=O)O)c1OOC(C)(C)CCC. The molecule has 0 atom stereocenters. The van der Waals surface area contributed by atoms with Crippen molar-refractivity contribution in [2.24, 2.45) is 0 Å². The molecular weight excluding hydrogens is 368 g/mol. The summed E-state index contributed by atoms with van der Waals surface area (Å²) in [7, 11) is 0. The molecule has 0 saturated heterocycles. The van der Waals surface area contributed by atoms with Crippen LogP contribution in [0.5, 0.6) is 11.5 Å². The Morgan fingerprint density at radius 1 is 0.786 bits per heavy atom. The zero-order chi connectivity index (χ0) is 21.5. The summed E-state index contributed by atoms with van der Waals surface area (Å²) in [5.74, 6) is -3.35. The zero-order valence-electron chi connectivity index (χ0n) is 17.3. The van der Waals surface area contributed by atoms with Crippen LogP contribution in [0.1, 0.15) is 87.9 Å². The molecule has 0 amide bonds. The van der Waals surface area contributed by atoms with Gasteiger partial charge in [-0.1, -0.05) is 26.7 Å². The highest BCUT2D eigenvalue weighted by Gasteiger charge is 2.30. The van der Waals surface area contributed by atoms with Crippen LogP contribution in [0.15, 0.2) is 12.1 Å². The minimum atomic E-state index is -1.32. The monoisotopic (exact) mass is 398 g/mol. The molecule has 8 heteroatoms. The van der Waals surface area contributed by atoms with E-state index in [0.717, 1.165) is 25.0 Å². The first-order valence-corrected chi connectivity index (χ1v) is 9.29. The maximum absolute atomic E-state index is 11.6. The zero-order valence-corrected chi connectivity index (χ0v) is 17.3. The summed E-state index contributed by atoms with van der Waals surface area (Å²) >= 11 is 0. The quantitative estimate of drug-likeness (QED) is 0.379. The van der Waals surface area contributed by atoms with Crippen LogP contribution in [-0.4, -0.2) is 33.4 Å². The molecule has 2 N–H and O–H groups in total. The summed E-state index contributed by atoms with van der Waals surface area (Å²) in [6.07, 6.45) is 2.92. The Labute approximate surface area is 165 Å². The molecule has 0 unspecified atom stereocenters. The number of carboxylic acids is 2. The second kappa shape index (κ2) is 9.75. The second-order valence-corrected chi connectivity index (χ2v) is 7.78. The lowest BCUT2D eigenvalue weighted by Gasteiger charge is -2.26. The molecule has 28 heavy (non-hydrogen) atoms. The fourth-order valence-electron chi connectivity index (χ4n) is 2.66. The normalized spacial score (nSPS) is 11.9. The molecule has 0 fully saturated rings. The first-order valence-electron chi connectivity index (χ1n) is 9.29. The molecule has 0 aromatic heterocycles. The van der Waals surface area contributed by atoms with Gasteiger partial charge < -0.3 is 20.0 Å². The molecule has 0 bridgehead atoms. The van der Waals surface area contributed by atoms with Crippen molar-refractivity contribution < 1.29 is 39.4 Å². The lowest BCUT2D eigenvalue weighted by Crippen LogP contribution is -2.28. The maximum Gasteiger partial charge on any atom is 0.339 e. The van der Waals surface area contributed by atoms with E-state index < -0.39 is 23.1 Å². The van der Waals surface area contributed by atoms with Crippen molar-refractivity contribution in [2.75, 3.05) is 0 Å². The molecule has 1 aromatic rings. The van der Waals surface area contributed by atoms with E-state index in [9.17, 15) is 19.8 Å². The second-order valence-electron chi connectivity index (χ2n) is 7.78. The molecule has 158 valence electrons. The van der Waals surface area contributed by atoms with Crippen LogP contribution in [0.25, 0.3) is 0 Å². The summed E-state index contributed by atoms with van der Waals surface area (Å²) in [5, 5.41) is 19.0. The van der Waals surface area contributed by atoms with Crippen LogP contribution >= 0.6 is 0 Å². The van der Waals surface area contributed by atoms with Crippen molar-refractivity contribution in [3.63, 3.8) is 0 Å². The maximum atomic E-state index is 11.6. The summed E-state index contributed by atoms with van der Waals surface area (Å²) in [4.78, 5) is 44.7. The average Bonchev–Trinajstić information content (AvgIpc) is 2.57. The Bertz CT molecular complexity index is 635. The Balaban J connectivity index is 3.35. The number of rotatable bonds is 12. The van der Waals surface area contributed by atoms with Crippen molar-refractivity contribution in [3.8, 4) is 11.5 Å². The van der Waals surface area contributed by atoms with E-state index >= 15 is 0 Å². The van der Waals surface area contributed by atoms with Gasteiger partial charge in [-0.25, -0.2) is 9.59 Å². The molecule has 0 radical (unpaired) electrons. The van der Waals surface area contributed by atoms with Gasteiger partial charge in [0.1, 0.15) is 22.3 Å². The molecule has 0 aliphatic rings. The smallest absolute Gasteiger partial charge is 0.339 e. The lowest BCUT2D eigenvalue weighted by molar-refractivity contribution is -0.300. The van der Waals surface area contributed by atoms with E-state index in [1.54, 1.807) is 27.7 Å². The fraction of sp³-hybridized carbons (Fsp3) is 0.600. The van der Waals surface area contributed by atoms with E-state index in [2.05, 4.69) is 0 Å². The third kappa shape index (κ3) is 6.69. The number of aromatic carboxylic acids is 2. The number of hydrogen-bond acceptors (Lipinski definition) is 6. The van der Waals surface area contributed by atoms with Crippen molar-refractivity contribution in [2.45, 2.75) is 78.4 Å². The molecular formula is C20H30O8. The minimum Gasteiger partial charge on any atom is -0.478 e. The third-order valence-electron chi connectivity index (χ3n) is 3.98. The van der Waals surface area contributed by atoms with Gasteiger partial charge in [-0.2, -0.15) is 9.78 Å². The van der Waals surface area contributed by atoms with Gasteiger partial charge in [-0.15, -0.1) is 0 Å². The summed E-state index contributed by atoms with van der Waals surface area (Å²) in [5.41, 5.74) is -2.04. The predicted octanol–water partition coefficient (Wildman–Crippen LogP) is 4.86. The first kappa shape index (κ1) is 23.7. The molecule has 0 spiro atoms. The topological polar surface area (TPSA) is 112 Å². The van der Waals surface area contributed by atoms with Crippen molar-refractivity contribution in [3.05, 3.63) is 23.3 Å². The Morgan fingerprint density at radius 2 is 1.11 bits per heavy atom. The number of carboxylic acid groups (broad SMARTS) is 2.